The zero-order valence-corrected chi connectivity index (χ0v) is 10.6. The van der Waals surface area contributed by atoms with Gasteiger partial charge in [0.1, 0.15) is 5.82 Å². The highest BCUT2D eigenvalue weighted by Crippen LogP contribution is 2.25. The van der Waals surface area contributed by atoms with Gasteiger partial charge in [0, 0.05) is 4.47 Å². The highest BCUT2D eigenvalue weighted by atomic mass is 79.9. The average molecular weight is 306 g/mol. The van der Waals surface area contributed by atoms with Gasteiger partial charge in [0.2, 0.25) is 0 Å². The quantitative estimate of drug-likeness (QED) is 0.801. The smallest absolute Gasteiger partial charge is 0.174 e. The van der Waals surface area contributed by atoms with Crippen LogP contribution >= 0.6 is 27.5 Å². The predicted octanol–water partition coefficient (Wildman–Crippen LogP) is 2.86. The molecule has 0 fully saturated rings. The van der Waals surface area contributed by atoms with E-state index in [-0.39, 0.29) is 11.2 Å². The van der Waals surface area contributed by atoms with Gasteiger partial charge in [-0.15, -0.1) is 16.7 Å². The van der Waals surface area contributed by atoms with Crippen LogP contribution in [-0.4, -0.2) is 20.2 Å². The molecule has 0 aliphatic rings. The number of nitrogens with zero attached hydrogens (tertiary/aromatic N) is 4. The second kappa shape index (κ2) is 4.47. The lowest BCUT2D eigenvalue weighted by atomic mass is 10.3. The molecule has 84 valence electrons. The molecule has 1 aromatic heterocycles. The predicted molar refractivity (Wildman–Crippen MR) is 61.1 cm³/mol. The molecule has 0 aliphatic heterocycles. The number of tetrazole rings is 1. The molecule has 7 heteroatoms. The molecule has 16 heavy (non-hydrogen) atoms. The molecular formula is C9H7BrClFN4. The first-order valence-corrected chi connectivity index (χ1v) is 5.70. The lowest BCUT2D eigenvalue weighted by Gasteiger charge is -2.07. The summed E-state index contributed by atoms with van der Waals surface area (Å²) in [7, 11) is 0. The van der Waals surface area contributed by atoms with E-state index in [1.807, 2.05) is 0 Å². The average Bonchev–Trinajstić information content (AvgIpc) is 2.66. The van der Waals surface area contributed by atoms with E-state index >= 15 is 0 Å². The number of aromatic nitrogens is 4. The second-order valence-electron chi connectivity index (χ2n) is 3.16. The fraction of sp³-hybridized carbons (Fsp3) is 0.222. The third kappa shape index (κ3) is 2.08. The highest BCUT2D eigenvalue weighted by molar-refractivity contribution is 9.10. The summed E-state index contributed by atoms with van der Waals surface area (Å²) >= 11 is 9.18. The van der Waals surface area contributed by atoms with Gasteiger partial charge in [0.25, 0.3) is 0 Å². The molecule has 0 spiro atoms. The van der Waals surface area contributed by atoms with Crippen molar-refractivity contribution < 1.29 is 4.39 Å². The zero-order valence-electron chi connectivity index (χ0n) is 8.23. The van der Waals surface area contributed by atoms with Gasteiger partial charge >= 0.3 is 0 Å². The van der Waals surface area contributed by atoms with E-state index < -0.39 is 0 Å². The third-order valence-electron chi connectivity index (χ3n) is 1.99. The Kier molecular flexibility index (Phi) is 3.20. The molecule has 0 N–H and O–H groups in total. The van der Waals surface area contributed by atoms with Crippen molar-refractivity contribution in [3.05, 3.63) is 34.3 Å². The first-order chi connectivity index (χ1) is 7.59. The monoisotopic (exact) mass is 304 g/mol. The molecule has 0 saturated heterocycles. The minimum atomic E-state index is -0.329. The minimum Gasteiger partial charge on any atom is -0.207 e. The lowest BCUT2D eigenvalue weighted by molar-refractivity contribution is 0.625. The summed E-state index contributed by atoms with van der Waals surface area (Å²) in [5.74, 6) is 0.179. The fourth-order valence-electron chi connectivity index (χ4n) is 1.27. The van der Waals surface area contributed by atoms with E-state index in [9.17, 15) is 4.39 Å². The molecule has 4 nitrogen and oxygen atoms in total. The van der Waals surface area contributed by atoms with Crippen molar-refractivity contribution in [3.8, 4) is 5.69 Å². The molecule has 1 heterocycles. The normalized spacial score (nSPS) is 12.8. The van der Waals surface area contributed by atoms with Crippen LogP contribution in [0.25, 0.3) is 5.69 Å². The van der Waals surface area contributed by atoms with E-state index in [1.54, 1.807) is 13.0 Å². The van der Waals surface area contributed by atoms with E-state index in [1.165, 1.54) is 16.8 Å². The third-order valence-corrected chi connectivity index (χ3v) is 2.82. The van der Waals surface area contributed by atoms with Gasteiger partial charge < -0.3 is 0 Å². The fourth-order valence-corrected chi connectivity index (χ4v) is 1.92. The molecule has 2 aromatic rings. The first kappa shape index (κ1) is 11.5. The number of rotatable bonds is 2. The second-order valence-corrected chi connectivity index (χ2v) is 4.67. The summed E-state index contributed by atoms with van der Waals surface area (Å²) in [6, 6.07) is 4.27. The summed E-state index contributed by atoms with van der Waals surface area (Å²) in [4.78, 5) is 0. The maximum Gasteiger partial charge on any atom is 0.174 e. The van der Waals surface area contributed by atoms with Crippen molar-refractivity contribution in [2.45, 2.75) is 12.3 Å². The van der Waals surface area contributed by atoms with Crippen LogP contribution in [0.5, 0.6) is 0 Å². The first-order valence-electron chi connectivity index (χ1n) is 4.47. The Bertz CT molecular complexity index is 514. The largest absolute Gasteiger partial charge is 0.207 e. The topological polar surface area (TPSA) is 43.6 Å². The van der Waals surface area contributed by atoms with E-state index in [4.69, 9.17) is 11.6 Å². The molecule has 0 aliphatic carbocycles. The molecule has 1 atom stereocenters. The van der Waals surface area contributed by atoms with Crippen molar-refractivity contribution in [1.82, 2.24) is 20.2 Å². The molecule has 1 unspecified atom stereocenters. The van der Waals surface area contributed by atoms with Crippen LogP contribution in [0, 0.1) is 5.82 Å². The Morgan fingerprint density at radius 2 is 2.25 bits per heavy atom. The SMILES string of the molecule is CC(Cl)c1nnnn1-c1ccc(F)cc1Br. The molecule has 2 rings (SSSR count). The number of halogens is 3. The Morgan fingerprint density at radius 3 is 2.88 bits per heavy atom. The number of hydrogen-bond donors (Lipinski definition) is 0. The zero-order chi connectivity index (χ0) is 11.7. The van der Waals surface area contributed by atoms with Crippen molar-refractivity contribution >= 4 is 27.5 Å². The molecule has 0 bridgehead atoms. The maximum absolute atomic E-state index is 12.9. The molecule has 0 radical (unpaired) electrons. The van der Waals surface area contributed by atoms with Crippen LogP contribution < -0.4 is 0 Å². The standard InChI is InChI=1S/C9H7BrClFN4/c1-5(11)9-13-14-15-16(9)8-3-2-6(12)4-7(8)10/h2-5H,1H3. The molecular weight excluding hydrogens is 298 g/mol. The van der Waals surface area contributed by atoms with E-state index in [0.717, 1.165) is 0 Å². The summed E-state index contributed by atoms with van der Waals surface area (Å²) < 4.78 is 15.0. The van der Waals surface area contributed by atoms with Crippen LogP contribution in [0.4, 0.5) is 4.39 Å². The maximum atomic E-state index is 12.9. The summed E-state index contributed by atoms with van der Waals surface area (Å²) in [5, 5.41) is 10.8. The van der Waals surface area contributed by atoms with Crippen molar-refractivity contribution in [1.29, 1.82) is 0 Å². The van der Waals surface area contributed by atoms with Gasteiger partial charge in [-0.3, -0.25) is 0 Å². The van der Waals surface area contributed by atoms with E-state index in [0.29, 0.717) is 16.0 Å². The van der Waals surface area contributed by atoms with Gasteiger partial charge in [0.15, 0.2) is 5.82 Å². The van der Waals surface area contributed by atoms with Gasteiger partial charge in [-0.1, -0.05) is 0 Å². The molecule has 0 saturated carbocycles. The summed E-state index contributed by atoms with van der Waals surface area (Å²) in [6.45, 7) is 1.77. The Labute approximate surface area is 105 Å². The van der Waals surface area contributed by atoms with Crippen LogP contribution in [0.3, 0.4) is 0 Å². The van der Waals surface area contributed by atoms with Crippen LogP contribution in [0.2, 0.25) is 0 Å². The summed E-state index contributed by atoms with van der Waals surface area (Å²) in [6.07, 6.45) is 0. The van der Waals surface area contributed by atoms with Gasteiger partial charge in [-0.2, -0.15) is 4.68 Å². The number of benzene rings is 1. The van der Waals surface area contributed by atoms with Gasteiger partial charge in [0.05, 0.1) is 11.1 Å². The van der Waals surface area contributed by atoms with Crippen molar-refractivity contribution in [3.63, 3.8) is 0 Å². The van der Waals surface area contributed by atoms with Crippen molar-refractivity contribution in [2.24, 2.45) is 0 Å². The molecule has 1 aromatic carbocycles. The van der Waals surface area contributed by atoms with E-state index in [2.05, 4.69) is 31.5 Å². The Morgan fingerprint density at radius 1 is 1.50 bits per heavy atom. The Hall–Kier alpha value is -1.01. The van der Waals surface area contributed by atoms with Crippen LogP contribution in [-0.2, 0) is 0 Å². The number of alkyl halides is 1. The molecule has 0 amide bonds. The number of hydrogen-bond acceptors (Lipinski definition) is 3. The lowest BCUT2D eigenvalue weighted by Crippen LogP contribution is -2.04. The highest BCUT2D eigenvalue weighted by Gasteiger charge is 2.15. The summed E-state index contributed by atoms with van der Waals surface area (Å²) in [5.41, 5.74) is 0.647. The van der Waals surface area contributed by atoms with Crippen LogP contribution in [0.1, 0.15) is 18.1 Å². The van der Waals surface area contributed by atoms with Gasteiger partial charge in [-0.05, 0) is 51.5 Å². The van der Waals surface area contributed by atoms with Crippen molar-refractivity contribution in [2.75, 3.05) is 0 Å². The Balaban J connectivity index is 2.54. The minimum absolute atomic E-state index is 0.327. The van der Waals surface area contributed by atoms with Gasteiger partial charge in [-0.25, -0.2) is 4.39 Å². The van der Waals surface area contributed by atoms with Crippen LogP contribution in [0.15, 0.2) is 22.7 Å².